The highest BCUT2D eigenvalue weighted by atomic mass is 35.5. The maximum atomic E-state index is 11.0. The molecule has 0 aliphatic carbocycles. The Morgan fingerprint density at radius 1 is 0.896 bits per heavy atom. The van der Waals surface area contributed by atoms with Gasteiger partial charge in [0.1, 0.15) is 0 Å². The summed E-state index contributed by atoms with van der Waals surface area (Å²) in [5.41, 5.74) is 2.89. The third-order valence-corrected chi connectivity index (χ3v) is 9.85. The van der Waals surface area contributed by atoms with Crippen LogP contribution in [0.3, 0.4) is 0 Å². The van der Waals surface area contributed by atoms with Gasteiger partial charge in [0, 0.05) is 46.7 Å². The molecule has 2 heterocycles. The van der Waals surface area contributed by atoms with Crippen molar-refractivity contribution >= 4 is 66.3 Å². The molecule has 266 valence electrons. The molecule has 1 aliphatic rings. The van der Waals surface area contributed by atoms with Crippen molar-refractivity contribution in [3.8, 4) is 5.75 Å². The summed E-state index contributed by atoms with van der Waals surface area (Å²) >= 11 is 12.5. The third kappa shape index (κ3) is 12.3. The number of halogens is 2. The van der Waals surface area contributed by atoms with E-state index in [2.05, 4.69) is 25.7 Å². The number of anilines is 1. The zero-order chi connectivity index (χ0) is 35.5. The summed E-state index contributed by atoms with van der Waals surface area (Å²) in [6.45, 7) is 12.9. The number of benzene rings is 2. The van der Waals surface area contributed by atoms with E-state index in [0.717, 1.165) is 16.8 Å². The Balaban J connectivity index is 0.000000940. The van der Waals surface area contributed by atoms with Gasteiger partial charge in [0.25, 0.3) is 5.52 Å². The van der Waals surface area contributed by atoms with Gasteiger partial charge in [-0.1, -0.05) is 50.9 Å². The van der Waals surface area contributed by atoms with Gasteiger partial charge in [-0.25, -0.2) is 16.8 Å². The Labute approximate surface area is 295 Å². The standard InChI is InChI=1S/C27H30Cl2N2O8S2.C6H15N/c1-2-19(15-26-30(11-3-5-13-40(32,33)34)22-17-20(28)7-9-24(22)38-26)16-27-31(12-4-6-14-41(35,36)37)23-18-21(29)8-10-25(23)39-27;1-4-7(5-2)6-3/h7-10,15-18H,2-6,11-14H2,1H3,(H-,32,33,34,35,36,37);4-6H2,1-3H3. The van der Waals surface area contributed by atoms with Crippen LogP contribution in [0.15, 0.2) is 58.3 Å². The quantitative estimate of drug-likeness (QED) is 0.0885. The van der Waals surface area contributed by atoms with Crippen molar-refractivity contribution in [2.24, 2.45) is 0 Å². The number of allylic oxidation sites excluding steroid dienone is 2. The molecule has 3 aromatic rings. The molecule has 0 fully saturated rings. The second-order valence-corrected chi connectivity index (χ2v) is 15.1. The zero-order valence-corrected chi connectivity index (χ0v) is 30.9. The first-order valence-electron chi connectivity index (χ1n) is 16.1. The average Bonchev–Trinajstić information content (AvgIpc) is 3.53. The van der Waals surface area contributed by atoms with Gasteiger partial charge in [0.05, 0.1) is 32.0 Å². The maximum Gasteiger partial charge on any atom is 1.00 e. The second-order valence-electron chi connectivity index (χ2n) is 11.2. The minimum Gasteiger partial charge on any atom is -0.748 e. The number of aromatic nitrogens is 1. The summed E-state index contributed by atoms with van der Waals surface area (Å²) in [5.74, 6) is 0.716. The largest absolute Gasteiger partial charge is 1.00 e. The average molecular weight is 747 g/mol. The predicted molar refractivity (Wildman–Crippen MR) is 189 cm³/mol. The predicted octanol–water partition coefficient (Wildman–Crippen LogP) is 6.67. The summed E-state index contributed by atoms with van der Waals surface area (Å²) in [7, 11) is -8.61. The fourth-order valence-electron chi connectivity index (χ4n) is 5.16. The fourth-order valence-corrected chi connectivity index (χ4v) is 6.60. The van der Waals surface area contributed by atoms with E-state index in [0.29, 0.717) is 65.5 Å². The Morgan fingerprint density at radius 2 is 1.50 bits per heavy atom. The first-order valence-corrected chi connectivity index (χ1v) is 20.0. The molecule has 0 bridgehead atoms. The molecule has 1 aromatic heterocycles. The summed E-state index contributed by atoms with van der Waals surface area (Å²) in [4.78, 5) is 4.26. The van der Waals surface area contributed by atoms with Crippen molar-refractivity contribution in [2.45, 2.75) is 66.3 Å². The molecule has 2 aromatic carbocycles. The zero-order valence-electron chi connectivity index (χ0n) is 28.8. The van der Waals surface area contributed by atoms with E-state index in [-0.39, 0.29) is 14.3 Å². The number of aryl methyl sites for hydroxylation is 1. The van der Waals surface area contributed by atoms with E-state index in [1.54, 1.807) is 36.4 Å². The number of hydrogen-bond donors (Lipinski definition) is 0. The number of rotatable bonds is 16. The van der Waals surface area contributed by atoms with Crippen molar-refractivity contribution in [3.63, 3.8) is 0 Å². The third-order valence-electron chi connectivity index (χ3n) is 7.80. The van der Waals surface area contributed by atoms with Crippen LogP contribution in [0.1, 0.15) is 67.1 Å². The van der Waals surface area contributed by atoms with Crippen molar-refractivity contribution in [1.82, 2.24) is 4.90 Å². The molecule has 0 N–H and O–H groups in total. The molecule has 15 heteroatoms. The second kappa shape index (κ2) is 18.4. The van der Waals surface area contributed by atoms with Gasteiger partial charge in [-0.2, -0.15) is 4.57 Å². The molecule has 0 unspecified atom stereocenters. The molecule has 4 rings (SSSR count). The molecule has 11 nitrogen and oxygen atoms in total. The van der Waals surface area contributed by atoms with Crippen molar-refractivity contribution in [3.05, 3.63) is 69.9 Å². The number of oxazole rings is 1. The minimum atomic E-state index is -4.30. The molecular formula is C33H45Cl2N3O8S2. The first-order chi connectivity index (χ1) is 22.7. The Morgan fingerprint density at radius 3 is 2.08 bits per heavy atom. The van der Waals surface area contributed by atoms with E-state index in [4.69, 9.17) is 32.4 Å². The number of ether oxygens (including phenoxy) is 1. The van der Waals surface area contributed by atoms with Crippen LogP contribution in [0.4, 0.5) is 5.69 Å². The van der Waals surface area contributed by atoms with Crippen LogP contribution in [0.2, 0.25) is 10.0 Å². The highest BCUT2D eigenvalue weighted by Crippen LogP contribution is 2.41. The first kappa shape index (κ1) is 39.8. The van der Waals surface area contributed by atoms with Gasteiger partial charge < -0.3 is 28.1 Å². The molecule has 48 heavy (non-hydrogen) atoms. The smallest absolute Gasteiger partial charge is 0.748 e. The molecule has 1 aliphatic heterocycles. The number of hydrogen-bond acceptors (Lipinski definition) is 10. The van der Waals surface area contributed by atoms with E-state index in [9.17, 15) is 25.9 Å². The Hall–Kier alpha value is -2.65. The Bertz CT molecular complexity index is 1810. The van der Waals surface area contributed by atoms with E-state index in [1.165, 1.54) is 19.6 Å². The van der Waals surface area contributed by atoms with Gasteiger partial charge >= 0.3 is 7.32 Å². The molecule has 0 saturated carbocycles. The van der Waals surface area contributed by atoms with Crippen LogP contribution in [0.5, 0.6) is 5.75 Å². The van der Waals surface area contributed by atoms with Crippen LogP contribution in [-0.2, 0) is 26.8 Å². The van der Waals surface area contributed by atoms with Crippen LogP contribution < -0.4 is 14.2 Å². The lowest BCUT2D eigenvalue weighted by atomic mass is 10.1. The lowest BCUT2D eigenvalue weighted by Crippen LogP contribution is -2.35. The maximum absolute atomic E-state index is 11.0. The van der Waals surface area contributed by atoms with Crippen molar-refractivity contribution < 1.29 is 41.1 Å². The molecule has 0 radical (unpaired) electrons. The highest BCUT2D eigenvalue weighted by molar-refractivity contribution is 7.85. The van der Waals surface area contributed by atoms with E-state index >= 15 is 0 Å². The Kier molecular flexibility index (Phi) is 15.2. The highest BCUT2D eigenvalue weighted by Gasteiger charge is 2.27. The minimum absolute atomic E-state index is 0. The van der Waals surface area contributed by atoms with Crippen molar-refractivity contribution in [1.29, 1.82) is 0 Å². The monoisotopic (exact) mass is 745 g/mol. The lowest BCUT2D eigenvalue weighted by molar-refractivity contribution is -0.678. The lowest BCUT2D eigenvalue weighted by Gasteiger charge is -2.19. The van der Waals surface area contributed by atoms with E-state index in [1.807, 2.05) is 28.5 Å². The van der Waals surface area contributed by atoms with E-state index < -0.39 is 31.7 Å². The molecule has 0 saturated heterocycles. The summed E-state index contributed by atoms with van der Waals surface area (Å²) in [6.07, 6.45) is 5.58. The van der Waals surface area contributed by atoms with Crippen LogP contribution in [-0.4, -0.2) is 68.5 Å². The topological polar surface area (TPSA) is 147 Å². The van der Waals surface area contributed by atoms with Crippen LogP contribution in [0.25, 0.3) is 17.2 Å². The van der Waals surface area contributed by atoms with Crippen LogP contribution >= 0.6 is 23.2 Å². The number of nitrogens with zero attached hydrogens (tertiary/aromatic N) is 3. The van der Waals surface area contributed by atoms with Gasteiger partial charge in [-0.05, 0) is 81.2 Å². The summed E-state index contributed by atoms with van der Waals surface area (Å²) in [5, 5.41) is 1.03. The number of unbranched alkanes of at least 4 members (excludes halogenated alkanes) is 2. The normalized spacial score (nSPS) is 14.4. The van der Waals surface area contributed by atoms with Gasteiger partial charge in [-0.15, -0.1) is 0 Å². The SMILES string of the molecule is CCC(=Cc1oc2ccc(Cl)cc2[n+]1CCCCS(=O)(=O)[O-])C=C1Oc2ccc(Cl)cc2N1CCCCS(=O)(=O)[O-].CCN(CC)CC.[H+]. The summed E-state index contributed by atoms with van der Waals surface area (Å²) in [6, 6.07) is 10.4. The molecular weight excluding hydrogens is 701 g/mol. The molecule has 0 spiro atoms. The molecule has 0 amide bonds. The van der Waals surface area contributed by atoms with Gasteiger partial charge in [0.2, 0.25) is 11.5 Å². The van der Waals surface area contributed by atoms with Gasteiger partial charge in [0.15, 0.2) is 12.3 Å². The van der Waals surface area contributed by atoms with Crippen molar-refractivity contribution in [2.75, 3.05) is 42.6 Å². The van der Waals surface area contributed by atoms with Crippen LogP contribution in [0, 0.1) is 0 Å². The number of fused-ring (bicyclic) bond motifs is 2. The fraction of sp³-hybridized carbons (Fsp3) is 0.485. The summed E-state index contributed by atoms with van der Waals surface area (Å²) < 4.78 is 80.4. The molecule has 0 atom stereocenters. The van der Waals surface area contributed by atoms with Gasteiger partial charge in [-0.3, -0.25) is 0 Å².